The van der Waals surface area contributed by atoms with Gasteiger partial charge in [-0.15, -0.1) is 0 Å². The van der Waals surface area contributed by atoms with E-state index in [1.54, 1.807) is 18.0 Å². The lowest BCUT2D eigenvalue weighted by atomic mass is 10.1. The van der Waals surface area contributed by atoms with E-state index in [1.807, 2.05) is 10.7 Å². The van der Waals surface area contributed by atoms with Crippen molar-refractivity contribution in [2.45, 2.75) is 51.8 Å². The van der Waals surface area contributed by atoms with Crippen molar-refractivity contribution in [2.75, 3.05) is 13.2 Å². The Hall–Kier alpha value is -2.15. The first-order valence-electron chi connectivity index (χ1n) is 9.02. The number of aromatic nitrogens is 3. The van der Waals surface area contributed by atoms with Gasteiger partial charge < -0.3 is 14.1 Å². The van der Waals surface area contributed by atoms with Gasteiger partial charge in [0.05, 0.1) is 30.6 Å². The molecule has 7 nitrogen and oxygen atoms in total. The summed E-state index contributed by atoms with van der Waals surface area (Å²) >= 11 is 0. The maximum absolute atomic E-state index is 12.9. The van der Waals surface area contributed by atoms with Gasteiger partial charge in [-0.1, -0.05) is 12.8 Å². The monoisotopic (exact) mass is 344 g/mol. The third kappa shape index (κ3) is 3.46. The summed E-state index contributed by atoms with van der Waals surface area (Å²) < 4.78 is 13.4. The van der Waals surface area contributed by atoms with Crippen LogP contribution in [0.3, 0.4) is 0 Å². The zero-order valence-corrected chi connectivity index (χ0v) is 14.6. The molecule has 0 saturated heterocycles. The minimum absolute atomic E-state index is 0.0612. The van der Waals surface area contributed by atoms with Crippen molar-refractivity contribution in [1.29, 1.82) is 0 Å². The molecule has 0 unspecified atom stereocenters. The largest absolute Gasteiger partial charge is 0.438 e. The zero-order valence-electron chi connectivity index (χ0n) is 14.6. The normalized spacial score (nSPS) is 21.3. The van der Waals surface area contributed by atoms with Crippen LogP contribution in [0.15, 0.2) is 23.1 Å². The van der Waals surface area contributed by atoms with E-state index in [-0.39, 0.29) is 12.0 Å². The van der Waals surface area contributed by atoms with Crippen LogP contribution in [0.5, 0.6) is 0 Å². The van der Waals surface area contributed by atoms with E-state index in [4.69, 9.17) is 9.15 Å². The summed E-state index contributed by atoms with van der Waals surface area (Å²) in [6.07, 6.45) is 8.14. The molecule has 4 rings (SSSR count). The second-order valence-corrected chi connectivity index (χ2v) is 7.06. The van der Waals surface area contributed by atoms with Gasteiger partial charge in [-0.2, -0.15) is 5.10 Å². The van der Waals surface area contributed by atoms with Gasteiger partial charge in [-0.05, 0) is 31.7 Å². The van der Waals surface area contributed by atoms with Crippen molar-refractivity contribution >= 4 is 5.91 Å². The molecule has 25 heavy (non-hydrogen) atoms. The lowest BCUT2D eigenvalue weighted by Gasteiger charge is -2.24. The van der Waals surface area contributed by atoms with Crippen LogP contribution in [0, 0.1) is 12.8 Å². The van der Waals surface area contributed by atoms with Gasteiger partial charge in [0.2, 0.25) is 5.76 Å². The van der Waals surface area contributed by atoms with Gasteiger partial charge >= 0.3 is 0 Å². The standard InChI is InChI=1S/C18H24N4O3/c1-13-17(25-12-19-13)18(23)21-8-15-6-7-20-22(15)10-16(9-21)24-11-14-4-2-3-5-14/h6-7,12,14,16H,2-5,8-11H2,1H3/t16-/m0/s1. The number of amides is 1. The number of oxazole rings is 1. The number of ether oxygens (including phenoxy) is 1. The number of hydrogen-bond donors (Lipinski definition) is 0. The van der Waals surface area contributed by atoms with Gasteiger partial charge in [-0.25, -0.2) is 4.98 Å². The van der Waals surface area contributed by atoms with Crippen LogP contribution < -0.4 is 0 Å². The molecule has 1 fully saturated rings. The lowest BCUT2D eigenvalue weighted by Crippen LogP contribution is -2.38. The highest BCUT2D eigenvalue weighted by molar-refractivity contribution is 5.92. The molecular formula is C18H24N4O3. The second-order valence-electron chi connectivity index (χ2n) is 7.06. The number of fused-ring (bicyclic) bond motifs is 1. The number of nitrogens with zero attached hydrogens (tertiary/aromatic N) is 4. The van der Waals surface area contributed by atoms with E-state index in [1.165, 1.54) is 32.1 Å². The van der Waals surface area contributed by atoms with Crippen molar-refractivity contribution in [1.82, 2.24) is 19.7 Å². The first kappa shape index (κ1) is 16.3. The first-order valence-corrected chi connectivity index (χ1v) is 9.02. The number of carbonyl (C=O) groups excluding carboxylic acids is 1. The molecule has 2 aromatic rings. The molecular weight excluding hydrogens is 320 g/mol. The number of rotatable bonds is 4. The molecule has 0 N–H and O–H groups in total. The molecule has 0 bridgehead atoms. The molecule has 0 aromatic carbocycles. The molecule has 2 aromatic heterocycles. The molecule has 0 radical (unpaired) electrons. The van der Waals surface area contributed by atoms with E-state index < -0.39 is 0 Å². The second kappa shape index (κ2) is 7.00. The minimum Gasteiger partial charge on any atom is -0.438 e. The molecule has 134 valence electrons. The molecule has 0 spiro atoms. The van der Waals surface area contributed by atoms with E-state index in [2.05, 4.69) is 10.1 Å². The quantitative estimate of drug-likeness (QED) is 0.851. The SMILES string of the molecule is Cc1ncoc1C(=O)N1Cc2ccnn2C[C@@H](OCC2CCCC2)C1. The molecule has 1 aliphatic carbocycles. The highest BCUT2D eigenvalue weighted by atomic mass is 16.5. The summed E-state index contributed by atoms with van der Waals surface area (Å²) in [7, 11) is 0. The third-order valence-electron chi connectivity index (χ3n) is 5.23. The fraction of sp³-hybridized carbons (Fsp3) is 0.611. The van der Waals surface area contributed by atoms with E-state index in [0.717, 1.165) is 12.3 Å². The van der Waals surface area contributed by atoms with Crippen LogP contribution in [-0.4, -0.2) is 44.8 Å². The van der Waals surface area contributed by atoms with Crippen LogP contribution in [-0.2, 0) is 17.8 Å². The molecule has 1 aliphatic heterocycles. The fourth-order valence-corrected chi connectivity index (χ4v) is 3.78. The maximum Gasteiger partial charge on any atom is 0.292 e. The first-order chi connectivity index (χ1) is 12.2. The third-order valence-corrected chi connectivity index (χ3v) is 5.23. The highest BCUT2D eigenvalue weighted by Gasteiger charge is 2.30. The maximum atomic E-state index is 12.9. The summed E-state index contributed by atoms with van der Waals surface area (Å²) in [5, 5.41) is 4.38. The van der Waals surface area contributed by atoms with Gasteiger partial charge in [0, 0.05) is 19.3 Å². The number of carbonyl (C=O) groups is 1. The topological polar surface area (TPSA) is 73.4 Å². The van der Waals surface area contributed by atoms with Crippen LogP contribution in [0.2, 0.25) is 0 Å². The average molecular weight is 344 g/mol. The van der Waals surface area contributed by atoms with E-state index in [0.29, 0.717) is 37.0 Å². The van der Waals surface area contributed by atoms with E-state index in [9.17, 15) is 4.79 Å². The summed E-state index contributed by atoms with van der Waals surface area (Å²) in [5.74, 6) is 0.822. The summed E-state index contributed by atoms with van der Waals surface area (Å²) in [6, 6.07) is 1.95. The number of hydrogen-bond acceptors (Lipinski definition) is 5. The van der Waals surface area contributed by atoms with Crippen molar-refractivity contribution in [3.8, 4) is 0 Å². The van der Waals surface area contributed by atoms with Crippen LogP contribution >= 0.6 is 0 Å². The molecule has 7 heteroatoms. The van der Waals surface area contributed by atoms with Crippen LogP contribution in [0.25, 0.3) is 0 Å². The van der Waals surface area contributed by atoms with Crippen molar-refractivity contribution in [3.63, 3.8) is 0 Å². The Morgan fingerprint density at radius 2 is 2.20 bits per heavy atom. The van der Waals surface area contributed by atoms with Crippen molar-refractivity contribution < 1.29 is 13.9 Å². The van der Waals surface area contributed by atoms with Crippen LogP contribution in [0.4, 0.5) is 0 Å². The number of aryl methyl sites for hydroxylation is 1. The Balaban J connectivity index is 1.50. The highest BCUT2D eigenvalue weighted by Crippen LogP contribution is 2.26. The molecule has 2 aliphatic rings. The smallest absolute Gasteiger partial charge is 0.292 e. The Morgan fingerprint density at radius 1 is 1.36 bits per heavy atom. The average Bonchev–Trinajstić information content (AvgIpc) is 3.33. The van der Waals surface area contributed by atoms with Gasteiger partial charge in [0.15, 0.2) is 6.39 Å². The Labute approximate surface area is 147 Å². The lowest BCUT2D eigenvalue weighted by molar-refractivity contribution is 0.00228. The molecule has 1 saturated carbocycles. The van der Waals surface area contributed by atoms with Crippen LogP contribution in [0.1, 0.15) is 47.6 Å². The van der Waals surface area contributed by atoms with Gasteiger partial charge in [-0.3, -0.25) is 9.48 Å². The summed E-state index contributed by atoms with van der Waals surface area (Å²) in [6.45, 7) is 4.27. The Morgan fingerprint density at radius 3 is 2.96 bits per heavy atom. The molecule has 1 amide bonds. The Kier molecular flexibility index (Phi) is 4.57. The summed E-state index contributed by atoms with van der Waals surface area (Å²) in [4.78, 5) is 18.7. The zero-order chi connectivity index (χ0) is 17.2. The van der Waals surface area contributed by atoms with Crippen molar-refractivity contribution in [3.05, 3.63) is 35.8 Å². The molecule has 1 atom stereocenters. The van der Waals surface area contributed by atoms with Gasteiger partial charge in [0.1, 0.15) is 0 Å². The predicted octanol–water partition coefficient (Wildman–Crippen LogP) is 2.41. The fourth-order valence-electron chi connectivity index (χ4n) is 3.78. The van der Waals surface area contributed by atoms with Gasteiger partial charge in [0.25, 0.3) is 5.91 Å². The minimum atomic E-state index is -0.140. The summed E-state index contributed by atoms with van der Waals surface area (Å²) in [5.41, 5.74) is 1.63. The van der Waals surface area contributed by atoms with E-state index >= 15 is 0 Å². The Bertz CT molecular complexity index is 732. The predicted molar refractivity (Wildman–Crippen MR) is 89.9 cm³/mol. The van der Waals surface area contributed by atoms with Crippen molar-refractivity contribution in [2.24, 2.45) is 5.92 Å². The molecule has 3 heterocycles.